The highest BCUT2D eigenvalue weighted by Gasteiger charge is 2.09. The lowest BCUT2D eigenvalue weighted by Gasteiger charge is -1.94. The molecular formula is C14H9ClO2. The Morgan fingerprint density at radius 2 is 1.71 bits per heavy atom. The minimum atomic E-state index is 0.0328. The van der Waals surface area contributed by atoms with E-state index in [0.717, 1.165) is 21.9 Å². The highest BCUT2D eigenvalue weighted by atomic mass is 35.5. The molecule has 0 saturated carbocycles. The van der Waals surface area contributed by atoms with Gasteiger partial charge in [-0.15, -0.1) is 0 Å². The standard InChI is InChI=1S/C14H9ClO2/c1-8(16)9-2-4-11-12-5-3-10(15)7-14(12)17-13(11)6-9/h2-7H,1H3. The highest BCUT2D eigenvalue weighted by Crippen LogP contribution is 2.31. The zero-order valence-electron chi connectivity index (χ0n) is 9.16. The molecule has 3 aromatic rings. The fraction of sp³-hybridized carbons (Fsp3) is 0.0714. The molecule has 0 radical (unpaired) electrons. The third kappa shape index (κ3) is 1.61. The Balaban J connectivity index is 2.38. The van der Waals surface area contributed by atoms with Gasteiger partial charge in [0.25, 0.3) is 0 Å². The number of Topliss-reactive ketones (excluding diaryl/α,β-unsaturated/α-hetero) is 1. The summed E-state index contributed by atoms with van der Waals surface area (Å²) in [4.78, 5) is 11.3. The average molecular weight is 245 g/mol. The van der Waals surface area contributed by atoms with Crippen molar-refractivity contribution in [3.05, 3.63) is 47.0 Å². The Morgan fingerprint density at radius 1 is 1.06 bits per heavy atom. The Kier molecular flexibility index (Phi) is 2.20. The first-order valence-corrected chi connectivity index (χ1v) is 5.66. The first-order valence-electron chi connectivity index (χ1n) is 5.28. The van der Waals surface area contributed by atoms with Crippen LogP contribution >= 0.6 is 11.6 Å². The molecule has 1 aromatic heterocycles. The van der Waals surface area contributed by atoms with Gasteiger partial charge in [0.2, 0.25) is 0 Å². The number of furan rings is 1. The summed E-state index contributed by atoms with van der Waals surface area (Å²) < 4.78 is 5.69. The number of hydrogen-bond acceptors (Lipinski definition) is 2. The van der Waals surface area contributed by atoms with Gasteiger partial charge in [-0.2, -0.15) is 0 Å². The van der Waals surface area contributed by atoms with Gasteiger partial charge in [0.15, 0.2) is 5.78 Å². The summed E-state index contributed by atoms with van der Waals surface area (Å²) in [6, 6.07) is 11.0. The summed E-state index contributed by atoms with van der Waals surface area (Å²) >= 11 is 5.91. The molecule has 0 unspecified atom stereocenters. The number of hydrogen-bond donors (Lipinski definition) is 0. The van der Waals surface area contributed by atoms with Crippen LogP contribution in [0, 0.1) is 0 Å². The van der Waals surface area contributed by atoms with Crippen molar-refractivity contribution < 1.29 is 9.21 Å². The predicted molar refractivity (Wildman–Crippen MR) is 68.7 cm³/mol. The second kappa shape index (κ2) is 3.60. The molecule has 0 aliphatic heterocycles. The third-order valence-electron chi connectivity index (χ3n) is 2.84. The number of ketones is 1. The molecular weight excluding hydrogens is 236 g/mol. The zero-order chi connectivity index (χ0) is 12.0. The second-order valence-electron chi connectivity index (χ2n) is 4.01. The van der Waals surface area contributed by atoms with E-state index in [9.17, 15) is 4.79 Å². The largest absolute Gasteiger partial charge is 0.456 e. The lowest BCUT2D eigenvalue weighted by Crippen LogP contribution is -1.89. The van der Waals surface area contributed by atoms with Gasteiger partial charge >= 0.3 is 0 Å². The smallest absolute Gasteiger partial charge is 0.159 e. The normalized spacial score (nSPS) is 11.2. The maximum Gasteiger partial charge on any atom is 0.159 e. The van der Waals surface area contributed by atoms with E-state index in [2.05, 4.69) is 0 Å². The zero-order valence-corrected chi connectivity index (χ0v) is 9.91. The van der Waals surface area contributed by atoms with E-state index in [1.165, 1.54) is 0 Å². The quantitative estimate of drug-likeness (QED) is 0.593. The highest BCUT2D eigenvalue weighted by molar-refractivity contribution is 6.31. The Bertz CT molecular complexity index is 740. The van der Waals surface area contributed by atoms with Crippen LogP contribution in [-0.4, -0.2) is 5.78 Å². The van der Waals surface area contributed by atoms with E-state index in [4.69, 9.17) is 16.0 Å². The lowest BCUT2D eigenvalue weighted by atomic mass is 10.1. The van der Waals surface area contributed by atoms with E-state index >= 15 is 0 Å². The topological polar surface area (TPSA) is 30.2 Å². The van der Waals surface area contributed by atoms with Crippen LogP contribution in [-0.2, 0) is 0 Å². The van der Waals surface area contributed by atoms with Crippen LogP contribution in [0.4, 0.5) is 0 Å². The number of carbonyl (C=O) groups excluding carboxylic acids is 1. The maximum absolute atomic E-state index is 11.3. The average Bonchev–Trinajstić information content (AvgIpc) is 2.64. The molecule has 17 heavy (non-hydrogen) atoms. The molecule has 1 heterocycles. The molecule has 0 spiro atoms. The van der Waals surface area contributed by atoms with E-state index in [1.807, 2.05) is 24.3 Å². The van der Waals surface area contributed by atoms with Crippen LogP contribution in [0.5, 0.6) is 0 Å². The van der Waals surface area contributed by atoms with E-state index < -0.39 is 0 Å². The minimum Gasteiger partial charge on any atom is -0.456 e. The van der Waals surface area contributed by atoms with Crippen molar-refractivity contribution in [2.45, 2.75) is 6.92 Å². The summed E-state index contributed by atoms with van der Waals surface area (Å²) in [5, 5.41) is 2.66. The van der Waals surface area contributed by atoms with Gasteiger partial charge in [-0.3, -0.25) is 4.79 Å². The van der Waals surface area contributed by atoms with Gasteiger partial charge in [0, 0.05) is 27.4 Å². The number of rotatable bonds is 1. The Morgan fingerprint density at radius 3 is 2.41 bits per heavy atom. The fourth-order valence-electron chi connectivity index (χ4n) is 1.97. The molecule has 0 aliphatic rings. The Labute approximate surface area is 103 Å². The van der Waals surface area contributed by atoms with Crippen molar-refractivity contribution in [3.63, 3.8) is 0 Å². The van der Waals surface area contributed by atoms with Crippen molar-refractivity contribution in [1.29, 1.82) is 0 Å². The van der Waals surface area contributed by atoms with Crippen LogP contribution in [0.2, 0.25) is 5.02 Å². The summed E-state index contributed by atoms with van der Waals surface area (Å²) in [7, 11) is 0. The van der Waals surface area contributed by atoms with E-state index in [1.54, 1.807) is 19.1 Å². The van der Waals surface area contributed by atoms with Crippen molar-refractivity contribution >= 4 is 39.3 Å². The SMILES string of the molecule is CC(=O)c1ccc2c(c1)oc1cc(Cl)ccc12. The molecule has 0 N–H and O–H groups in total. The first-order chi connectivity index (χ1) is 8.15. The molecule has 0 saturated heterocycles. The molecule has 0 aliphatic carbocycles. The van der Waals surface area contributed by atoms with E-state index in [-0.39, 0.29) is 5.78 Å². The fourth-order valence-corrected chi connectivity index (χ4v) is 2.13. The third-order valence-corrected chi connectivity index (χ3v) is 3.08. The van der Waals surface area contributed by atoms with Gasteiger partial charge in [-0.1, -0.05) is 17.7 Å². The van der Waals surface area contributed by atoms with Gasteiger partial charge in [0.05, 0.1) is 0 Å². The van der Waals surface area contributed by atoms with Crippen LogP contribution in [0.1, 0.15) is 17.3 Å². The molecule has 0 bridgehead atoms. The van der Waals surface area contributed by atoms with Crippen molar-refractivity contribution in [2.75, 3.05) is 0 Å². The van der Waals surface area contributed by atoms with Crippen LogP contribution in [0.3, 0.4) is 0 Å². The summed E-state index contributed by atoms with van der Waals surface area (Å²) in [5.41, 5.74) is 2.12. The van der Waals surface area contributed by atoms with Crippen LogP contribution in [0.25, 0.3) is 21.9 Å². The molecule has 0 fully saturated rings. The summed E-state index contributed by atoms with van der Waals surface area (Å²) in [6.07, 6.45) is 0. The second-order valence-corrected chi connectivity index (χ2v) is 4.45. The lowest BCUT2D eigenvalue weighted by molar-refractivity contribution is 0.101. The Hall–Kier alpha value is -1.80. The molecule has 84 valence electrons. The molecule has 3 rings (SSSR count). The molecule has 0 atom stereocenters. The van der Waals surface area contributed by atoms with Crippen molar-refractivity contribution in [3.8, 4) is 0 Å². The van der Waals surface area contributed by atoms with Gasteiger partial charge in [-0.05, 0) is 31.2 Å². The summed E-state index contributed by atoms with van der Waals surface area (Å²) in [5.74, 6) is 0.0328. The van der Waals surface area contributed by atoms with Crippen LogP contribution in [0.15, 0.2) is 40.8 Å². The number of halogens is 1. The number of carbonyl (C=O) groups is 1. The van der Waals surface area contributed by atoms with Gasteiger partial charge in [-0.25, -0.2) is 0 Å². The number of benzene rings is 2. The maximum atomic E-state index is 11.3. The van der Waals surface area contributed by atoms with E-state index in [0.29, 0.717) is 10.6 Å². The minimum absolute atomic E-state index is 0.0328. The van der Waals surface area contributed by atoms with Crippen molar-refractivity contribution in [2.24, 2.45) is 0 Å². The molecule has 2 aromatic carbocycles. The van der Waals surface area contributed by atoms with Crippen LogP contribution < -0.4 is 0 Å². The van der Waals surface area contributed by atoms with Gasteiger partial charge < -0.3 is 4.42 Å². The monoisotopic (exact) mass is 244 g/mol. The van der Waals surface area contributed by atoms with Crippen molar-refractivity contribution in [1.82, 2.24) is 0 Å². The molecule has 2 nitrogen and oxygen atoms in total. The first kappa shape index (κ1) is 10.4. The predicted octanol–water partition coefficient (Wildman–Crippen LogP) is 4.44. The number of fused-ring (bicyclic) bond motifs is 3. The summed E-state index contributed by atoms with van der Waals surface area (Å²) in [6.45, 7) is 1.54. The van der Waals surface area contributed by atoms with Gasteiger partial charge in [0.1, 0.15) is 11.2 Å². The molecule has 3 heteroatoms. The molecule has 0 amide bonds.